The van der Waals surface area contributed by atoms with Gasteiger partial charge in [-0.3, -0.25) is 0 Å². The molecule has 0 aliphatic rings. The highest BCUT2D eigenvalue weighted by molar-refractivity contribution is 5.87. The molecule has 108 valence electrons. The van der Waals surface area contributed by atoms with Crippen LogP contribution in [-0.2, 0) is 7.05 Å². The number of rotatable bonds is 2. The topological polar surface area (TPSA) is 30.7 Å². The van der Waals surface area contributed by atoms with Crippen molar-refractivity contribution in [2.75, 3.05) is 0 Å². The molecule has 21 heavy (non-hydrogen) atoms. The number of alkyl halides is 2. The number of aromatic nitrogens is 3. The van der Waals surface area contributed by atoms with Crippen LogP contribution in [0.3, 0.4) is 0 Å². The van der Waals surface area contributed by atoms with Crippen molar-refractivity contribution in [3.8, 4) is 11.3 Å². The van der Waals surface area contributed by atoms with E-state index in [4.69, 9.17) is 0 Å². The zero-order valence-corrected chi connectivity index (χ0v) is 10.8. The van der Waals surface area contributed by atoms with E-state index in [-0.39, 0.29) is 0 Å². The fraction of sp³-hybridized carbons (Fsp3) is 0.143. The van der Waals surface area contributed by atoms with Crippen LogP contribution < -0.4 is 0 Å². The van der Waals surface area contributed by atoms with E-state index in [1.165, 1.54) is 12.3 Å². The van der Waals surface area contributed by atoms with Crippen LogP contribution in [0.2, 0.25) is 0 Å². The lowest BCUT2D eigenvalue weighted by Gasteiger charge is -2.05. The van der Waals surface area contributed by atoms with Gasteiger partial charge >= 0.3 is 0 Å². The third kappa shape index (κ3) is 2.24. The Morgan fingerprint density at radius 2 is 1.76 bits per heavy atom. The standard InChI is InChI=1S/C14H9F4N3/c1-21-12(8-3-11(14(17)18)20-19-6-8)4-7-2-9(15)10(16)5-13(7)21/h2-6,14H,1H3. The normalized spacial score (nSPS) is 11.5. The predicted octanol–water partition coefficient (Wildman–Crippen LogP) is 3.85. The van der Waals surface area contributed by atoms with Crippen molar-refractivity contribution in [2.45, 2.75) is 6.43 Å². The molecule has 2 aromatic heterocycles. The van der Waals surface area contributed by atoms with E-state index in [9.17, 15) is 17.6 Å². The maximum absolute atomic E-state index is 13.3. The van der Waals surface area contributed by atoms with E-state index in [1.807, 2.05) is 0 Å². The number of aryl methyl sites for hydroxylation is 1. The number of benzene rings is 1. The van der Waals surface area contributed by atoms with Gasteiger partial charge in [0, 0.05) is 24.1 Å². The van der Waals surface area contributed by atoms with E-state index >= 15 is 0 Å². The maximum Gasteiger partial charge on any atom is 0.282 e. The molecule has 3 aromatic rings. The lowest BCUT2D eigenvalue weighted by molar-refractivity contribution is 0.145. The average molecular weight is 295 g/mol. The van der Waals surface area contributed by atoms with Gasteiger partial charge < -0.3 is 4.57 Å². The first-order valence-corrected chi connectivity index (χ1v) is 6.03. The molecule has 2 heterocycles. The highest BCUT2D eigenvalue weighted by Crippen LogP contribution is 2.29. The molecule has 0 saturated heterocycles. The zero-order chi connectivity index (χ0) is 15.1. The Bertz CT molecular complexity index is 826. The summed E-state index contributed by atoms with van der Waals surface area (Å²) < 4.78 is 53.5. The van der Waals surface area contributed by atoms with Crippen LogP contribution in [0.5, 0.6) is 0 Å². The second kappa shape index (κ2) is 4.83. The summed E-state index contributed by atoms with van der Waals surface area (Å²) in [5.41, 5.74) is 0.932. The molecule has 0 amide bonds. The van der Waals surface area contributed by atoms with Gasteiger partial charge in [0.25, 0.3) is 6.43 Å². The van der Waals surface area contributed by atoms with Crippen LogP contribution in [0.1, 0.15) is 12.1 Å². The predicted molar refractivity (Wildman–Crippen MR) is 68.8 cm³/mol. The van der Waals surface area contributed by atoms with Gasteiger partial charge in [-0.05, 0) is 18.2 Å². The Kier molecular flexibility index (Phi) is 3.12. The number of hydrogen-bond acceptors (Lipinski definition) is 2. The molecule has 0 N–H and O–H groups in total. The Morgan fingerprint density at radius 1 is 1.05 bits per heavy atom. The first-order valence-electron chi connectivity index (χ1n) is 6.03. The molecular weight excluding hydrogens is 286 g/mol. The van der Waals surface area contributed by atoms with Gasteiger partial charge in [0.05, 0.1) is 17.4 Å². The average Bonchev–Trinajstić information content (AvgIpc) is 2.77. The van der Waals surface area contributed by atoms with E-state index in [0.717, 1.165) is 12.1 Å². The van der Waals surface area contributed by atoms with Crippen LogP contribution in [0.15, 0.2) is 30.5 Å². The lowest BCUT2D eigenvalue weighted by atomic mass is 10.2. The molecule has 0 aliphatic carbocycles. The summed E-state index contributed by atoms with van der Waals surface area (Å²) >= 11 is 0. The molecule has 1 aromatic carbocycles. The fourth-order valence-corrected chi connectivity index (χ4v) is 2.24. The van der Waals surface area contributed by atoms with Crippen LogP contribution in [-0.4, -0.2) is 14.8 Å². The number of fused-ring (bicyclic) bond motifs is 1. The zero-order valence-electron chi connectivity index (χ0n) is 10.8. The maximum atomic E-state index is 13.3. The van der Waals surface area contributed by atoms with Crippen molar-refractivity contribution in [2.24, 2.45) is 7.05 Å². The minimum absolute atomic E-state index is 0.403. The van der Waals surface area contributed by atoms with E-state index < -0.39 is 23.8 Å². The summed E-state index contributed by atoms with van der Waals surface area (Å²) in [5.74, 6) is -1.92. The van der Waals surface area contributed by atoms with Gasteiger partial charge in [-0.25, -0.2) is 17.6 Å². The first kappa shape index (κ1) is 13.5. The monoisotopic (exact) mass is 295 g/mol. The van der Waals surface area contributed by atoms with Crippen LogP contribution in [0.25, 0.3) is 22.2 Å². The molecule has 0 fully saturated rings. The number of hydrogen-bond donors (Lipinski definition) is 0. The van der Waals surface area contributed by atoms with Crippen LogP contribution in [0, 0.1) is 11.6 Å². The quantitative estimate of drug-likeness (QED) is 0.672. The van der Waals surface area contributed by atoms with Crippen molar-refractivity contribution in [1.29, 1.82) is 0 Å². The molecule has 3 rings (SSSR count). The van der Waals surface area contributed by atoms with Crippen LogP contribution in [0.4, 0.5) is 17.6 Å². The molecule has 3 nitrogen and oxygen atoms in total. The molecule has 0 bridgehead atoms. The summed E-state index contributed by atoms with van der Waals surface area (Å²) in [6.07, 6.45) is -1.41. The lowest BCUT2D eigenvalue weighted by Crippen LogP contribution is -1.97. The van der Waals surface area contributed by atoms with Crippen molar-refractivity contribution in [1.82, 2.24) is 14.8 Å². The molecule has 7 heteroatoms. The SMILES string of the molecule is Cn1c(-c2cnnc(C(F)F)c2)cc2cc(F)c(F)cc21. The highest BCUT2D eigenvalue weighted by atomic mass is 19.3. The number of nitrogens with zero attached hydrogens (tertiary/aromatic N) is 3. The molecule has 0 atom stereocenters. The Hall–Kier alpha value is -2.44. The van der Waals surface area contributed by atoms with Gasteiger partial charge in [0.2, 0.25) is 0 Å². The third-order valence-corrected chi connectivity index (χ3v) is 3.28. The largest absolute Gasteiger partial charge is 0.343 e. The molecule has 0 unspecified atom stereocenters. The summed E-state index contributed by atoms with van der Waals surface area (Å²) in [7, 11) is 1.64. The van der Waals surface area contributed by atoms with Gasteiger partial charge in [-0.2, -0.15) is 5.10 Å². The van der Waals surface area contributed by atoms with Gasteiger partial charge in [0.15, 0.2) is 11.6 Å². The van der Waals surface area contributed by atoms with E-state index in [0.29, 0.717) is 22.2 Å². The van der Waals surface area contributed by atoms with Gasteiger partial charge in [-0.1, -0.05) is 0 Å². The van der Waals surface area contributed by atoms with Crippen molar-refractivity contribution < 1.29 is 17.6 Å². The first-order chi connectivity index (χ1) is 9.97. The van der Waals surface area contributed by atoms with Crippen molar-refractivity contribution in [3.63, 3.8) is 0 Å². The Labute approximate surface area is 116 Å². The van der Waals surface area contributed by atoms with E-state index in [1.54, 1.807) is 17.7 Å². The third-order valence-electron chi connectivity index (χ3n) is 3.28. The minimum atomic E-state index is -2.73. The highest BCUT2D eigenvalue weighted by Gasteiger charge is 2.15. The molecule has 0 spiro atoms. The van der Waals surface area contributed by atoms with Gasteiger partial charge in [-0.15, -0.1) is 5.10 Å². The molecule has 0 saturated carbocycles. The summed E-state index contributed by atoms with van der Waals surface area (Å²) in [6, 6.07) is 4.93. The second-order valence-electron chi connectivity index (χ2n) is 4.58. The smallest absolute Gasteiger partial charge is 0.282 e. The summed E-state index contributed by atoms with van der Waals surface area (Å²) in [4.78, 5) is 0. The Morgan fingerprint density at radius 3 is 2.48 bits per heavy atom. The number of halogens is 4. The minimum Gasteiger partial charge on any atom is -0.343 e. The molecule has 0 aliphatic heterocycles. The summed E-state index contributed by atoms with van der Waals surface area (Å²) in [6.45, 7) is 0. The molecular formula is C14H9F4N3. The van der Waals surface area contributed by atoms with Crippen LogP contribution >= 0.6 is 0 Å². The van der Waals surface area contributed by atoms with Crippen molar-refractivity contribution >= 4 is 10.9 Å². The fourth-order valence-electron chi connectivity index (χ4n) is 2.24. The van der Waals surface area contributed by atoms with Crippen molar-refractivity contribution in [3.05, 3.63) is 47.8 Å². The van der Waals surface area contributed by atoms with Gasteiger partial charge in [0.1, 0.15) is 5.69 Å². The summed E-state index contributed by atoms with van der Waals surface area (Å²) in [5, 5.41) is 7.36. The second-order valence-corrected chi connectivity index (χ2v) is 4.58. The molecule has 0 radical (unpaired) electrons. The van der Waals surface area contributed by atoms with E-state index in [2.05, 4.69) is 10.2 Å². The Balaban J connectivity index is 2.21.